The lowest BCUT2D eigenvalue weighted by Gasteiger charge is -2.08. The Kier molecular flexibility index (Phi) is 8.54. The van der Waals surface area contributed by atoms with E-state index < -0.39 is 0 Å². The molecule has 6 heteroatoms. The van der Waals surface area contributed by atoms with Crippen LogP contribution in [0.2, 0.25) is 0 Å². The Morgan fingerprint density at radius 3 is 2.44 bits per heavy atom. The van der Waals surface area contributed by atoms with E-state index in [1.807, 2.05) is 6.20 Å². The standard InChI is InChI=1S/C10H18N4S.HI/c1-4-11-10(12-5-2)14-7-9-13-6-8(3)15-9;/h6H,4-5,7H2,1-3H3,(H2,11,12,14);1H. The molecule has 0 amide bonds. The molecule has 0 aliphatic carbocycles. The van der Waals surface area contributed by atoms with E-state index in [1.54, 1.807) is 11.3 Å². The van der Waals surface area contributed by atoms with Crippen LogP contribution in [0.3, 0.4) is 0 Å². The molecule has 1 heterocycles. The number of halogens is 1. The predicted molar refractivity (Wildman–Crippen MR) is 80.8 cm³/mol. The lowest BCUT2D eigenvalue weighted by molar-refractivity contribution is 0.838. The number of aryl methyl sites for hydroxylation is 1. The van der Waals surface area contributed by atoms with Crippen LogP contribution in [0.1, 0.15) is 23.7 Å². The molecule has 1 aromatic heterocycles. The molecule has 16 heavy (non-hydrogen) atoms. The van der Waals surface area contributed by atoms with Crippen molar-refractivity contribution in [3.8, 4) is 0 Å². The van der Waals surface area contributed by atoms with Gasteiger partial charge in [0, 0.05) is 24.2 Å². The molecule has 0 aromatic carbocycles. The minimum absolute atomic E-state index is 0. The van der Waals surface area contributed by atoms with Crippen LogP contribution in [0.5, 0.6) is 0 Å². The fraction of sp³-hybridized carbons (Fsp3) is 0.600. The van der Waals surface area contributed by atoms with Crippen LogP contribution in [-0.4, -0.2) is 24.0 Å². The number of guanidine groups is 1. The van der Waals surface area contributed by atoms with E-state index in [0.29, 0.717) is 6.54 Å². The van der Waals surface area contributed by atoms with Crippen LogP contribution in [0.4, 0.5) is 0 Å². The van der Waals surface area contributed by atoms with Gasteiger partial charge in [0.05, 0.1) is 6.54 Å². The van der Waals surface area contributed by atoms with E-state index in [2.05, 4.69) is 41.4 Å². The normalized spacial score (nSPS) is 9.19. The zero-order valence-corrected chi connectivity index (χ0v) is 13.1. The summed E-state index contributed by atoms with van der Waals surface area (Å²) in [4.78, 5) is 9.92. The first-order chi connectivity index (χ1) is 7.26. The van der Waals surface area contributed by atoms with E-state index in [0.717, 1.165) is 24.1 Å². The van der Waals surface area contributed by atoms with Gasteiger partial charge in [-0.1, -0.05) is 0 Å². The number of nitrogens with one attached hydrogen (secondary N) is 2. The number of hydrogen-bond acceptors (Lipinski definition) is 3. The number of aromatic nitrogens is 1. The van der Waals surface area contributed by atoms with Gasteiger partial charge in [0.25, 0.3) is 0 Å². The van der Waals surface area contributed by atoms with Gasteiger partial charge in [-0.2, -0.15) is 0 Å². The van der Waals surface area contributed by atoms with Crippen molar-refractivity contribution < 1.29 is 0 Å². The maximum atomic E-state index is 4.43. The Balaban J connectivity index is 0.00000225. The molecule has 4 nitrogen and oxygen atoms in total. The molecule has 0 aliphatic rings. The molecule has 0 bridgehead atoms. The first-order valence-electron chi connectivity index (χ1n) is 5.19. The smallest absolute Gasteiger partial charge is 0.191 e. The van der Waals surface area contributed by atoms with E-state index >= 15 is 0 Å². The third kappa shape index (κ3) is 5.64. The van der Waals surface area contributed by atoms with Gasteiger partial charge in [0.2, 0.25) is 0 Å². The van der Waals surface area contributed by atoms with Crippen LogP contribution in [0.25, 0.3) is 0 Å². The molecule has 0 radical (unpaired) electrons. The van der Waals surface area contributed by atoms with Crippen molar-refractivity contribution in [1.82, 2.24) is 15.6 Å². The topological polar surface area (TPSA) is 49.3 Å². The zero-order chi connectivity index (χ0) is 11.1. The van der Waals surface area contributed by atoms with E-state index in [4.69, 9.17) is 0 Å². The molecule has 0 fully saturated rings. The summed E-state index contributed by atoms with van der Waals surface area (Å²) in [5.41, 5.74) is 0. The Bertz CT molecular complexity index is 316. The van der Waals surface area contributed by atoms with Crippen LogP contribution in [0.15, 0.2) is 11.2 Å². The summed E-state index contributed by atoms with van der Waals surface area (Å²) in [6.45, 7) is 8.57. The van der Waals surface area contributed by atoms with Crippen LogP contribution in [-0.2, 0) is 6.54 Å². The van der Waals surface area contributed by atoms with Crippen molar-refractivity contribution in [3.63, 3.8) is 0 Å². The summed E-state index contributed by atoms with van der Waals surface area (Å²) in [6, 6.07) is 0. The average Bonchev–Trinajstić information content (AvgIpc) is 2.61. The van der Waals surface area contributed by atoms with Gasteiger partial charge in [-0.3, -0.25) is 0 Å². The Labute approximate surface area is 118 Å². The summed E-state index contributed by atoms with van der Waals surface area (Å²) in [5, 5.41) is 7.41. The van der Waals surface area contributed by atoms with E-state index in [9.17, 15) is 0 Å². The van der Waals surface area contributed by atoms with E-state index in [1.165, 1.54) is 4.88 Å². The summed E-state index contributed by atoms with van der Waals surface area (Å²) < 4.78 is 0. The Morgan fingerprint density at radius 2 is 2.00 bits per heavy atom. The maximum Gasteiger partial charge on any atom is 0.191 e. The third-order valence-electron chi connectivity index (χ3n) is 1.73. The number of nitrogens with zero attached hydrogens (tertiary/aromatic N) is 2. The summed E-state index contributed by atoms with van der Waals surface area (Å²) in [7, 11) is 0. The highest BCUT2D eigenvalue weighted by atomic mass is 127. The highest BCUT2D eigenvalue weighted by molar-refractivity contribution is 14.0. The molecule has 2 N–H and O–H groups in total. The van der Waals surface area contributed by atoms with Crippen molar-refractivity contribution in [1.29, 1.82) is 0 Å². The van der Waals surface area contributed by atoms with Crippen LogP contribution in [0, 0.1) is 6.92 Å². The van der Waals surface area contributed by atoms with Crippen molar-refractivity contribution in [2.24, 2.45) is 4.99 Å². The molecular weight excluding hydrogens is 335 g/mol. The minimum Gasteiger partial charge on any atom is -0.357 e. The Morgan fingerprint density at radius 1 is 1.38 bits per heavy atom. The molecule has 0 aliphatic heterocycles. The quantitative estimate of drug-likeness (QED) is 0.495. The van der Waals surface area contributed by atoms with Crippen LogP contribution >= 0.6 is 35.3 Å². The van der Waals surface area contributed by atoms with Gasteiger partial charge in [0.1, 0.15) is 5.01 Å². The predicted octanol–water partition coefficient (Wildman–Crippen LogP) is 2.14. The lowest BCUT2D eigenvalue weighted by atomic mass is 10.6. The van der Waals surface area contributed by atoms with Gasteiger partial charge in [-0.05, 0) is 20.8 Å². The van der Waals surface area contributed by atoms with Gasteiger partial charge in [-0.15, -0.1) is 35.3 Å². The molecule has 1 aromatic rings. The Hall–Kier alpha value is -0.370. The molecule has 92 valence electrons. The number of thiazole rings is 1. The second-order valence-corrected chi connectivity index (χ2v) is 4.41. The second kappa shape index (κ2) is 8.74. The molecule has 1 rings (SSSR count). The maximum absolute atomic E-state index is 4.43. The molecule has 0 unspecified atom stereocenters. The van der Waals surface area contributed by atoms with Gasteiger partial charge < -0.3 is 10.6 Å². The van der Waals surface area contributed by atoms with Crippen LogP contribution < -0.4 is 10.6 Å². The van der Waals surface area contributed by atoms with Gasteiger partial charge in [0.15, 0.2) is 5.96 Å². The van der Waals surface area contributed by atoms with Gasteiger partial charge in [-0.25, -0.2) is 9.98 Å². The number of rotatable bonds is 4. The average molecular weight is 354 g/mol. The SMILES string of the molecule is CCNC(=NCc1ncc(C)s1)NCC.I. The van der Waals surface area contributed by atoms with Crippen molar-refractivity contribution >= 4 is 41.3 Å². The highest BCUT2D eigenvalue weighted by Gasteiger charge is 1.98. The summed E-state index contributed by atoms with van der Waals surface area (Å²) >= 11 is 1.69. The molecular formula is C10H19IN4S. The van der Waals surface area contributed by atoms with Gasteiger partial charge >= 0.3 is 0 Å². The summed E-state index contributed by atoms with van der Waals surface area (Å²) in [6.07, 6.45) is 1.88. The first-order valence-corrected chi connectivity index (χ1v) is 6.01. The van der Waals surface area contributed by atoms with Crippen molar-refractivity contribution in [2.45, 2.75) is 27.3 Å². The fourth-order valence-corrected chi connectivity index (χ4v) is 1.84. The molecule has 0 spiro atoms. The monoisotopic (exact) mass is 354 g/mol. The minimum atomic E-state index is 0. The van der Waals surface area contributed by atoms with E-state index in [-0.39, 0.29) is 24.0 Å². The molecule has 0 saturated carbocycles. The zero-order valence-electron chi connectivity index (χ0n) is 9.91. The fourth-order valence-electron chi connectivity index (χ4n) is 1.13. The lowest BCUT2D eigenvalue weighted by Crippen LogP contribution is -2.36. The summed E-state index contributed by atoms with van der Waals surface area (Å²) in [5.74, 6) is 0.854. The first kappa shape index (κ1) is 15.6. The van der Waals surface area contributed by atoms with Crippen molar-refractivity contribution in [3.05, 3.63) is 16.1 Å². The highest BCUT2D eigenvalue weighted by Crippen LogP contribution is 2.11. The number of aliphatic imine (C=N–C) groups is 1. The second-order valence-electron chi connectivity index (χ2n) is 3.09. The number of hydrogen-bond donors (Lipinski definition) is 2. The largest absolute Gasteiger partial charge is 0.357 e. The molecule has 0 saturated heterocycles. The van der Waals surface area contributed by atoms with Crippen molar-refractivity contribution in [2.75, 3.05) is 13.1 Å². The third-order valence-corrected chi connectivity index (χ3v) is 2.63. The molecule has 0 atom stereocenters.